The van der Waals surface area contributed by atoms with Crippen LogP contribution in [0.3, 0.4) is 0 Å². The van der Waals surface area contributed by atoms with Crippen molar-refractivity contribution in [1.82, 2.24) is 4.98 Å². The first-order valence-electron chi connectivity index (χ1n) is 10.4. The van der Waals surface area contributed by atoms with Crippen LogP contribution in [0, 0.1) is 0 Å². The standard InChI is InChI=1S/C23H22Cl2N4O5/c1-3-29(4-2)19-18(20(30)21(19)31)28-16(23(33)34)9-12-5-7-13(8-6-12)27-22(32)17-14(24)10-26-11-15(17)25/h5-8,10-11,16,28H,3-4,9H2,1-2H3,(H,27,32)(H,33,34)/t16-/m0/s1. The van der Waals surface area contributed by atoms with Crippen molar-refractivity contribution in [3.05, 3.63) is 78.3 Å². The molecule has 0 saturated heterocycles. The van der Waals surface area contributed by atoms with Gasteiger partial charge in [-0.2, -0.15) is 0 Å². The summed E-state index contributed by atoms with van der Waals surface area (Å²) in [5, 5.41) is 15.3. The van der Waals surface area contributed by atoms with Crippen LogP contribution in [0.2, 0.25) is 10.0 Å². The molecule has 0 radical (unpaired) electrons. The van der Waals surface area contributed by atoms with Gasteiger partial charge in [0, 0.05) is 37.6 Å². The molecule has 0 aliphatic heterocycles. The van der Waals surface area contributed by atoms with Crippen LogP contribution in [0.25, 0.3) is 0 Å². The minimum absolute atomic E-state index is 0.0242. The minimum Gasteiger partial charge on any atom is -0.480 e. The molecule has 0 fully saturated rings. The third-order valence-electron chi connectivity index (χ3n) is 5.31. The molecule has 2 aromatic carbocycles. The Hall–Kier alpha value is -3.43. The van der Waals surface area contributed by atoms with E-state index in [-0.39, 0.29) is 33.4 Å². The van der Waals surface area contributed by atoms with E-state index in [4.69, 9.17) is 23.2 Å². The molecule has 34 heavy (non-hydrogen) atoms. The highest BCUT2D eigenvalue weighted by atomic mass is 35.5. The largest absolute Gasteiger partial charge is 0.480 e. The first-order chi connectivity index (χ1) is 16.2. The van der Waals surface area contributed by atoms with E-state index in [9.17, 15) is 24.3 Å². The lowest BCUT2D eigenvalue weighted by Gasteiger charge is -2.26. The zero-order valence-corrected chi connectivity index (χ0v) is 19.9. The van der Waals surface area contributed by atoms with Gasteiger partial charge in [0.15, 0.2) is 0 Å². The van der Waals surface area contributed by atoms with Gasteiger partial charge in [-0.25, -0.2) is 4.79 Å². The number of carboxylic acid groups (broad SMARTS) is 1. The van der Waals surface area contributed by atoms with E-state index < -0.39 is 28.8 Å². The van der Waals surface area contributed by atoms with Gasteiger partial charge in [-0.15, -0.1) is 0 Å². The molecule has 1 amide bonds. The van der Waals surface area contributed by atoms with Crippen LogP contribution < -0.4 is 26.4 Å². The highest BCUT2D eigenvalue weighted by Crippen LogP contribution is 2.25. The molecule has 11 heteroatoms. The zero-order valence-electron chi connectivity index (χ0n) is 18.4. The van der Waals surface area contributed by atoms with Crippen LogP contribution >= 0.6 is 23.2 Å². The summed E-state index contributed by atoms with van der Waals surface area (Å²) in [5.74, 6) is -1.68. The Morgan fingerprint density at radius 3 is 2.15 bits per heavy atom. The number of hydrogen-bond acceptors (Lipinski definition) is 7. The summed E-state index contributed by atoms with van der Waals surface area (Å²) >= 11 is 12.0. The van der Waals surface area contributed by atoms with E-state index in [1.807, 2.05) is 13.8 Å². The van der Waals surface area contributed by atoms with Gasteiger partial charge in [0.05, 0.1) is 15.6 Å². The Kier molecular flexibility index (Phi) is 7.90. The fourth-order valence-electron chi connectivity index (χ4n) is 3.51. The van der Waals surface area contributed by atoms with Gasteiger partial charge in [-0.1, -0.05) is 35.3 Å². The lowest BCUT2D eigenvalue weighted by atomic mass is 10.0. The van der Waals surface area contributed by atoms with Crippen molar-refractivity contribution in [2.24, 2.45) is 0 Å². The maximum absolute atomic E-state index is 12.5. The minimum atomic E-state index is -1.17. The lowest BCUT2D eigenvalue weighted by molar-refractivity contribution is -0.137. The molecule has 178 valence electrons. The second kappa shape index (κ2) is 10.7. The summed E-state index contributed by atoms with van der Waals surface area (Å²) in [6.45, 7) is 4.71. The molecule has 0 saturated carbocycles. The summed E-state index contributed by atoms with van der Waals surface area (Å²) in [7, 11) is 0. The number of aliphatic carboxylic acids is 1. The number of carboxylic acids is 1. The van der Waals surface area contributed by atoms with E-state index in [2.05, 4.69) is 15.6 Å². The van der Waals surface area contributed by atoms with Gasteiger partial charge >= 0.3 is 5.97 Å². The molecular formula is C23H22Cl2N4O5. The predicted molar refractivity (Wildman–Crippen MR) is 132 cm³/mol. The van der Waals surface area contributed by atoms with Gasteiger partial charge in [0.25, 0.3) is 16.8 Å². The van der Waals surface area contributed by atoms with Crippen LogP contribution in [-0.2, 0) is 11.2 Å². The molecule has 3 N–H and O–H groups in total. The summed E-state index contributed by atoms with van der Waals surface area (Å²) in [5.41, 5.74) is 0.0765. The Morgan fingerprint density at radius 1 is 1.03 bits per heavy atom. The maximum Gasteiger partial charge on any atom is 0.326 e. The number of benzene rings is 1. The summed E-state index contributed by atoms with van der Waals surface area (Å²) < 4.78 is 0. The third kappa shape index (κ3) is 5.21. The van der Waals surface area contributed by atoms with E-state index in [1.165, 1.54) is 12.4 Å². The van der Waals surface area contributed by atoms with Crippen LogP contribution in [-0.4, -0.2) is 41.1 Å². The number of carbonyl (C=O) groups excluding carboxylic acids is 1. The SMILES string of the molecule is CCN(CC)c1c(N[C@@H](Cc2ccc(NC(=O)c3c(Cl)cncc3Cl)cc2)C(=O)O)c(=O)c1=O. The Bertz CT molecular complexity index is 1260. The number of halogens is 2. The van der Waals surface area contributed by atoms with Crippen molar-refractivity contribution in [1.29, 1.82) is 0 Å². The van der Waals surface area contributed by atoms with Crippen molar-refractivity contribution in [2.75, 3.05) is 28.6 Å². The molecule has 0 aliphatic carbocycles. The maximum atomic E-state index is 12.5. The summed E-state index contributed by atoms with van der Waals surface area (Å²) in [4.78, 5) is 53.9. The number of nitrogens with one attached hydrogen (secondary N) is 2. The second-order valence-electron chi connectivity index (χ2n) is 7.42. The predicted octanol–water partition coefficient (Wildman–Crippen LogP) is 3.19. The highest BCUT2D eigenvalue weighted by Gasteiger charge is 2.29. The zero-order chi connectivity index (χ0) is 25.0. The average Bonchev–Trinajstić information content (AvgIpc) is 2.81. The number of pyridine rings is 1. The molecule has 0 unspecified atom stereocenters. The van der Waals surface area contributed by atoms with E-state index in [0.29, 0.717) is 24.3 Å². The monoisotopic (exact) mass is 504 g/mol. The molecule has 0 bridgehead atoms. The molecule has 3 aromatic rings. The van der Waals surface area contributed by atoms with Gasteiger partial charge < -0.3 is 20.6 Å². The normalized spacial score (nSPS) is 11.8. The molecule has 1 atom stereocenters. The van der Waals surface area contributed by atoms with Crippen LogP contribution in [0.1, 0.15) is 29.8 Å². The average molecular weight is 505 g/mol. The number of carbonyl (C=O) groups is 2. The van der Waals surface area contributed by atoms with Crippen molar-refractivity contribution < 1.29 is 14.7 Å². The number of anilines is 3. The van der Waals surface area contributed by atoms with Gasteiger partial charge in [-0.05, 0) is 31.5 Å². The lowest BCUT2D eigenvalue weighted by Crippen LogP contribution is -2.45. The van der Waals surface area contributed by atoms with Gasteiger partial charge in [0.1, 0.15) is 17.4 Å². The van der Waals surface area contributed by atoms with E-state index >= 15 is 0 Å². The van der Waals surface area contributed by atoms with Crippen LogP contribution in [0.4, 0.5) is 17.1 Å². The first-order valence-corrected chi connectivity index (χ1v) is 11.2. The van der Waals surface area contributed by atoms with Gasteiger partial charge in [0.2, 0.25) is 0 Å². The van der Waals surface area contributed by atoms with E-state index in [1.54, 1.807) is 29.2 Å². The number of aromatic nitrogens is 1. The van der Waals surface area contributed by atoms with E-state index in [0.717, 1.165) is 0 Å². The van der Waals surface area contributed by atoms with Gasteiger partial charge in [-0.3, -0.25) is 19.4 Å². The quantitative estimate of drug-likeness (QED) is 0.359. The smallest absolute Gasteiger partial charge is 0.326 e. The molecule has 0 aliphatic rings. The molecule has 9 nitrogen and oxygen atoms in total. The Balaban J connectivity index is 1.73. The topological polar surface area (TPSA) is 129 Å². The van der Waals surface area contributed by atoms with Crippen LogP contribution in [0.15, 0.2) is 46.2 Å². The summed E-state index contributed by atoms with van der Waals surface area (Å²) in [6.07, 6.45) is 2.67. The molecule has 1 heterocycles. The second-order valence-corrected chi connectivity index (χ2v) is 8.24. The number of amides is 1. The number of rotatable bonds is 10. The highest BCUT2D eigenvalue weighted by molar-refractivity contribution is 6.40. The first kappa shape index (κ1) is 25.2. The molecular weight excluding hydrogens is 483 g/mol. The van der Waals surface area contributed by atoms with Crippen molar-refractivity contribution >= 4 is 52.1 Å². The molecule has 0 spiro atoms. The van der Waals surface area contributed by atoms with Crippen LogP contribution in [0.5, 0.6) is 0 Å². The third-order valence-corrected chi connectivity index (χ3v) is 5.89. The fraction of sp³-hybridized carbons (Fsp3) is 0.261. The summed E-state index contributed by atoms with van der Waals surface area (Å²) in [6, 6.07) is 5.38. The van der Waals surface area contributed by atoms with Crippen molar-refractivity contribution in [3.63, 3.8) is 0 Å². The Labute approximate surface area is 205 Å². The van der Waals surface area contributed by atoms with Crippen molar-refractivity contribution in [2.45, 2.75) is 26.3 Å². The Morgan fingerprint density at radius 2 is 1.62 bits per heavy atom. The molecule has 3 rings (SSSR count). The number of hydrogen-bond donors (Lipinski definition) is 3. The fourth-order valence-corrected chi connectivity index (χ4v) is 4.05. The number of nitrogens with zero attached hydrogens (tertiary/aromatic N) is 2. The molecule has 1 aromatic heterocycles. The van der Waals surface area contributed by atoms with Crippen molar-refractivity contribution in [3.8, 4) is 0 Å².